The number of nitrogens with one attached hydrogen (secondary N) is 2. The summed E-state index contributed by atoms with van der Waals surface area (Å²) in [5, 5.41) is 4.87. The monoisotopic (exact) mass is 466 g/mol. The lowest BCUT2D eigenvalue weighted by atomic mass is 10.3. The predicted octanol–water partition coefficient (Wildman–Crippen LogP) is 4.76. The van der Waals surface area contributed by atoms with E-state index in [2.05, 4.69) is 15.0 Å². The molecule has 0 atom stereocenters. The summed E-state index contributed by atoms with van der Waals surface area (Å²) in [7, 11) is -3.83. The third-order valence-corrected chi connectivity index (χ3v) is 6.71. The van der Waals surface area contributed by atoms with Gasteiger partial charge < -0.3 is 5.32 Å². The number of thiazole rings is 1. The third-order valence-electron chi connectivity index (χ3n) is 3.98. The van der Waals surface area contributed by atoms with Gasteiger partial charge in [-0.2, -0.15) is 0 Å². The molecule has 0 fully saturated rings. The summed E-state index contributed by atoms with van der Waals surface area (Å²) in [6.07, 6.45) is 1.70. The first kappa shape index (κ1) is 19.7. The van der Waals surface area contributed by atoms with Gasteiger partial charge in [0.05, 0.1) is 15.6 Å². The summed E-state index contributed by atoms with van der Waals surface area (Å²) in [5.41, 5.74) is 0.898. The number of sulfonamides is 1. The SMILES string of the molecule is O=C(Nc1ccc(S(=O)(=O)Nc2ccccc2Cl)cc1)c1c(Cl)nc2sccn12. The van der Waals surface area contributed by atoms with Crippen molar-refractivity contribution < 1.29 is 13.2 Å². The fourth-order valence-corrected chi connectivity index (χ4v) is 4.96. The van der Waals surface area contributed by atoms with Gasteiger partial charge in [0, 0.05) is 17.3 Å². The van der Waals surface area contributed by atoms with Crippen LogP contribution in [-0.2, 0) is 10.0 Å². The number of halogens is 2. The molecule has 4 rings (SSSR count). The van der Waals surface area contributed by atoms with Gasteiger partial charge in [0.1, 0.15) is 0 Å². The number of hydrogen-bond acceptors (Lipinski definition) is 5. The summed E-state index contributed by atoms with van der Waals surface area (Å²) in [4.78, 5) is 17.3. The van der Waals surface area contributed by atoms with Gasteiger partial charge >= 0.3 is 0 Å². The van der Waals surface area contributed by atoms with Crippen molar-refractivity contribution in [2.24, 2.45) is 0 Å². The standard InChI is InChI=1S/C18H12Cl2N4O3S2/c19-13-3-1-2-4-14(13)23-29(26,27)12-7-5-11(6-8-12)21-17(25)15-16(20)22-18-24(15)9-10-28-18/h1-10,23H,(H,21,25). The minimum atomic E-state index is -3.83. The molecule has 0 bridgehead atoms. The molecule has 2 N–H and O–H groups in total. The van der Waals surface area contributed by atoms with Crippen molar-refractivity contribution >= 4 is 66.8 Å². The van der Waals surface area contributed by atoms with Crippen molar-refractivity contribution in [3.05, 3.63) is 76.0 Å². The van der Waals surface area contributed by atoms with Crippen LogP contribution in [0, 0.1) is 0 Å². The Balaban J connectivity index is 1.53. The summed E-state index contributed by atoms with van der Waals surface area (Å²) in [5.74, 6) is -0.453. The maximum Gasteiger partial charge on any atom is 0.275 e. The highest BCUT2D eigenvalue weighted by atomic mass is 35.5. The number of fused-ring (bicyclic) bond motifs is 1. The molecule has 0 radical (unpaired) electrons. The van der Waals surface area contributed by atoms with E-state index >= 15 is 0 Å². The van der Waals surface area contributed by atoms with Crippen LogP contribution in [0.4, 0.5) is 11.4 Å². The largest absolute Gasteiger partial charge is 0.321 e. The van der Waals surface area contributed by atoms with E-state index in [0.717, 1.165) is 0 Å². The maximum atomic E-state index is 12.6. The fraction of sp³-hybridized carbons (Fsp3) is 0. The van der Waals surface area contributed by atoms with Crippen molar-refractivity contribution in [3.63, 3.8) is 0 Å². The quantitative estimate of drug-likeness (QED) is 0.443. The van der Waals surface area contributed by atoms with Gasteiger partial charge in [-0.05, 0) is 36.4 Å². The van der Waals surface area contributed by atoms with Gasteiger partial charge in [0.15, 0.2) is 15.8 Å². The Hall–Kier alpha value is -2.59. The topological polar surface area (TPSA) is 92.6 Å². The molecule has 0 aliphatic heterocycles. The average molecular weight is 467 g/mol. The lowest BCUT2D eigenvalue weighted by molar-refractivity contribution is 0.102. The number of carbonyl (C=O) groups excluding carboxylic acids is 1. The normalized spacial score (nSPS) is 11.5. The number of nitrogens with zero attached hydrogens (tertiary/aromatic N) is 2. The molecular weight excluding hydrogens is 455 g/mol. The van der Waals surface area contributed by atoms with E-state index in [0.29, 0.717) is 10.6 Å². The van der Waals surface area contributed by atoms with Gasteiger partial charge in [0.25, 0.3) is 15.9 Å². The third kappa shape index (κ3) is 3.95. The molecule has 2 aromatic heterocycles. The van der Waals surface area contributed by atoms with Crippen LogP contribution in [0.15, 0.2) is 65.0 Å². The van der Waals surface area contributed by atoms with Crippen LogP contribution < -0.4 is 10.0 Å². The molecule has 2 heterocycles. The fourth-order valence-electron chi connectivity index (χ4n) is 2.62. The highest BCUT2D eigenvalue weighted by Crippen LogP contribution is 2.25. The minimum Gasteiger partial charge on any atom is -0.321 e. The molecule has 0 saturated heterocycles. The molecule has 0 aliphatic carbocycles. The van der Waals surface area contributed by atoms with Gasteiger partial charge in [0.2, 0.25) is 0 Å². The molecule has 29 heavy (non-hydrogen) atoms. The lowest BCUT2D eigenvalue weighted by Gasteiger charge is -2.10. The van der Waals surface area contributed by atoms with Crippen molar-refractivity contribution in [1.29, 1.82) is 0 Å². The van der Waals surface area contributed by atoms with E-state index < -0.39 is 15.9 Å². The maximum absolute atomic E-state index is 12.6. The lowest BCUT2D eigenvalue weighted by Crippen LogP contribution is -2.15. The van der Waals surface area contributed by atoms with E-state index in [9.17, 15) is 13.2 Å². The van der Waals surface area contributed by atoms with Crippen LogP contribution in [0.25, 0.3) is 4.96 Å². The summed E-state index contributed by atoms with van der Waals surface area (Å²) in [6, 6.07) is 12.3. The zero-order valence-electron chi connectivity index (χ0n) is 14.5. The second-order valence-corrected chi connectivity index (χ2v) is 9.19. The van der Waals surface area contributed by atoms with E-state index in [4.69, 9.17) is 23.2 Å². The first-order chi connectivity index (χ1) is 13.8. The molecule has 11 heteroatoms. The molecule has 1 amide bonds. The number of amides is 1. The Labute approximate surface area is 180 Å². The van der Waals surface area contributed by atoms with E-state index in [-0.39, 0.29) is 26.5 Å². The number of hydrogen-bond donors (Lipinski definition) is 2. The van der Waals surface area contributed by atoms with Gasteiger partial charge in [-0.3, -0.25) is 13.9 Å². The summed E-state index contributed by atoms with van der Waals surface area (Å²) < 4.78 is 29.1. The molecule has 0 spiro atoms. The smallest absolute Gasteiger partial charge is 0.275 e. The zero-order chi connectivity index (χ0) is 20.6. The number of para-hydroxylation sites is 1. The van der Waals surface area contributed by atoms with E-state index in [1.807, 2.05) is 0 Å². The molecule has 2 aromatic carbocycles. The van der Waals surface area contributed by atoms with Crippen molar-refractivity contribution in [2.75, 3.05) is 10.0 Å². The van der Waals surface area contributed by atoms with Crippen LogP contribution in [0.1, 0.15) is 10.5 Å². The Morgan fingerprint density at radius 2 is 1.79 bits per heavy atom. The number of benzene rings is 2. The van der Waals surface area contributed by atoms with Crippen LogP contribution in [0.3, 0.4) is 0 Å². The number of anilines is 2. The number of aromatic nitrogens is 2. The van der Waals surface area contributed by atoms with Crippen LogP contribution in [0.5, 0.6) is 0 Å². The first-order valence-electron chi connectivity index (χ1n) is 8.15. The second-order valence-electron chi connectivity index (χ2n) is 5.87. The van der Waals surface area contributed by atoms with Crippen LogP contribution in [0.2, 0.25) is 10.2 Å². The first-order valence-corrected chi connectivity index (χ1v) is 11.3. The Morgan fingerprint density at radius 1 is 1.07 bits per heavy atom. The molecule has 4 aromatic rings. The number of imidazole rings is 1. The van der Waals surface area contributed by atoms with E-state index in [1.165, 1.54) is 35.6 Å². The average Bonchev–Trinajstić information content (AvgIpc) is 3.23. The molecule has 0 aliphatic rings. The van der Waals surface area contributed by atoms with Gasteiger partial charge in [-0.1, -0.05) is 35.3 Å². The predicted molar refractivity (Wildman–Crippen MR) is 115 cm³/mol. The number of rotatable bonds is 5. The van der Waals surface area contributed by atoms with E-state index in [1.54, 1.807) is 40.2 Å². The molecule has 0 unspecified atom stereocenters. The highest BCUT2D eigenvalue weighted by molar-refractivity contribution is 7.92. The Bertz CT molecular complexity index is 1310. The molecule has 148 valence electrons. The zero-order valence-corrected chi connectivity index (χ0v) is 17.6. The van der Waals surface area contributed by atoms with Crippen LogP contribution in [-0.4, -0.2) is 23.7 Å². The van der Waals surface area contributed by atoms with Gasteiger partial charge in [-0.15, -0.1) is 11.3 Å². The molecular formula is C18H12Cl2N4O3S2. The van der Waals surface area contributed by atoms with Crippen molar-refractivity contribution in [3.8, 4) is 0 Å². The summed E-state index contributed by atoms with van der Waals surface area (Å²) >= 11 is 13.4. The molecule has 7 nitrogen and oxygen atoms in total. The summed E-state index contributed by atoms with van der Waals surface area (Å²) in [6.45, 7) is 0. The van der Waals surface area contributed by atoms with Crippen molar-refractivity contribution in [2.45, 2.75) is 4.90 Å². The molecule has 0 saturated carbocycles. The Kier molecular flexibility index (Phi) is 5.22. The second kappa shape index (κ2) is 7.68. The van der Waals surface area contributed by atoms with Crippen LogP contribution >= 0.6 is 34.5 Å². The minimum absolute atomic E-state index is 0.0260. The Morgan fingerprint density at radius 3 is 2.52 bits per heavy atom. The van der Waals surface area contributed by atoms with Gasteiger partial charge in [-0.25, -0.2) is 13.4 Å². The number of carbonyl (C=O) groups is 1. The highest BCUT2D eigenvalue weighted by Gasteiger charge is 2.20. The van der Waals surface area contributed by atoms with Crippen molar-refractivity contribution in [1.82, 2.24) is 9.38 Å².